The molecule has 4 heterocycles. The van der Waals surface area contributed by atoms with E-state index >= 15 is 0 Å². The minimum atomic E-state index is -0.240. The molecule has 5 rings (SSSR count). The summed E-state index contributed by atoms with van der Waals surface area (Å²) in [5, 5.41) is 7.77. The first kappa shape index (κ1) is 24.1. The van der Waals surface area contributed by atoms with Crippen LogP contribution in [0.25, 0.3) is 0 Å². The van der Waals surface area contributed by atoms with Gasteiger partial charge in [0.25, 0.3) is 5.91 Å². The topological polar surface area (TPSA) is 86.3 Å². The number of thioether (sulfide) groups is 1. The molecule has 0 aromatic heterocycles. The predicted octanol–water partition coefficient (Wildman–Crippen LogP) is 2.11. The number of Topliss-reactive ketones (excluding diaryl/α,β-unsaturated/α-hetero) is 1. The van der Waals surface area contributed by atoms with Gasteiger partial charge in [0.1, 0.15) is 17.6 Å². The molecule has 3 fully saturated rings. The second kappa shape index (κ2) is 10.6. The van der Waals surface area contributed by atoms with E-state index < -0.39 is 0 Å². The highest BCUT2D eigenvalue weighted by atomic mass is 32.2. The Labute approximate surface area is 207 Å². The molecule has 8 nitrogen and oxygen atoms in total. The number of hydrogen-bond acceptors (Lipinski definition) is 8. The summed E-state index contributed by atoms with van der Waals surface area (Å²) in [7, 11) is 0. The van der Waals surface area contributed by atoms with E-state index in [4.69, 9.17) is 9.73 Å². The zero-order chi connectivity index (χ0) is 23.7. The normalized spacial score (nSPS) is 31.6. The smallest absolute Gasteiger partial charge is 0.257 e. The van der Waals surface area contributed by atoms with E-state index in [-0.39, 0.29) is 29.9 Å². The van der Waals surface area contributed by atoms with Crippen molar-refractivity contribution in [1.82, 2.24) is 20.4 Å². The maximum Gasteiger partial charge on any atom is 0.257 e. The molecule has 0 spiro atoms. The number of hydrogen-bond donors (Lipinski definition) is 2. The van der Waals surface area contributed by atoms with Crippen molar-refractivity contribution in [3.8, 4) is 0 Å². The largest absolute Gasteiger partial charge is 0.377 e. The maximum absolute atomic E-state index is 13.7. The third-order valence-corrected chi connectivity index (χ3v) is 9.19. The number of rotatable bonds is 5. The second-order valence-corrected chi connectivity index (χ2v) is 11.6. The number of carbonyl (C=O) groups excluding carboxylic acids is 2. The Morgan fingerprint density at radius 2 is 2.06 bits per heavy atom. The first-order chi connectivity index (χ1) is 16.5. The highest BCUT2D eigenvalue weighted by Crippen LogP contribution is 2.52. The van der Waals surface area contributed by atoms with Crippen LogP contribution >= 0.6 is 11.8 Å². The van der Waals surface area contributed by atoms with E-state index in [1.807, 2.05) is 13.8 Å². The lowest BCUT2D eigenvalue weighted by Crippen LogP contribution is -2.55. The van der Waals surface area contributed by atoms with E-state index in [0.29, 0.717) is 30.0 Å². The van der Waals surface area contributed by atoms with Crippen molar-refractivity contribution in [2.45, 2.75) is 82.4 Å². The standard InChI is InChI=1S/C25H39N5O3S/c1-16(2)33-15-12-27-24(32)21-22(31)17-8-9-20(29-13-5-10-26-11-14-29)28-23(17)30-18-6-3-4-7-19(18)34-25(21)30/h16-19,23,26H,3-15H2,1-2H3,(H,27,32). The van der Waals surface area contributed by atoms with Crippen molar-refractivity contribution in [1.29, 1.82) is 0 Å². The van der Waals surface area contributed by atoms with Crippen LogP contribution in [-0.4, -0.2) is 90.2 Å². The third kappa shape index (κ3) is 4.75. The summed E-state index contributed by atoms with van der Waals surface area (Å²) in [6.45, 7) is 8.84. The Morgan fingerprint density at radius 1 is 1.21 bits per heavy atom. The van der Waals surface area contributed by atoms with Gasteiger partial charge in [-0.2, -0.15) is 0 Å². The molecule has 1 aliphatic carbocycles. The van der Waals surface area contributed by atoms with Crippen molar-refractivity contribution in [2.24, 2.45) is 10.9 Å². The molecule has 188 valence electrons. The summed E-state index contributed by atoms with van der Waals surface area (Å²) in [4.78, 5) is 37.1. The van der Waals surface area contributed by atoms with E-state index in [2.05, 4.69) is 20.4 Å². The van der Waals surface area contributed by atoms with E-state index in [1.165, 1.54) is 12.8 Å². The van der Waals surface area contributed by atoms with Crippen LogP contribution in [0.1, 0.15) is 58.8 Å². The molecule has 1 saturated carbocycles. The molecule has 0 aromatic rings. The van der Waals surface area contributed by atoms with Gasteiger partial charge in [-0.1, -0.05) is 12.8 Å². The van der Waals surface area contributed by atoms with Gasteiger partial charge in [-0.15, -0.1) is 11.8 Å². The predicted molar refractivity (Wildman–Crippen MR) is 135 cm³/mol. The summed E-state index contributed by atoms with van der Waals surface area (Å²) in [5.74, 6) is 0.673. The molecule has 9 heteroatoms. The molecule has 4 atom stereocenters. The van der Waals surface area contributed by atoms with Gasteiger partial charge < -0.3 is 25.2 Å². The van der Waals surface area contributed by atoms with Crippen molar-refractivity contribution >= 4 is 29.3 Å². The van der Waals surface area contributed by atoms with Gasteiger partial charge in [0.05, 0.1) is 23.7 Å². The first-order valence-corrected chi connectivity index (χ1v) is 14.1. The summed E-state index contributed by atoms with van der Waals surface area (Å²) < 4.78 is 5.58. The maximum atomic E-state index is 13.7. The van der Waals surface area contributed by atoms with Crippen molar-refractivity contribution in [3.05, 3.63) is 10.6 Å². The monoisotopic (exact) mass is 489 g/mol. The van der Waals surface area contributed by atoms with Gasteiger partial charge in [0.2, 0.25) is 0 Å². The van der Waals surface area contributed by atoms with E-state index in [1.54, 1.807) is 11.8 Å². The van der Waals surface area contributed by atoms with Gasteiger partial charge >= 0.3 is 0 Å². The van der Waals surface area contributed by atoms with Gasteiger partial charge in [-0.25, -0.2) is 4.99 Å². The summed E-state index contributed by atoms with van der Waals surface area (Å²) in [5.41, 5.74) is 0.378. The van der Waals surface area contributed by atoms with E-state index in [9.17, 15) is 9.59 Å². The summed E-state index contributed by atoms with van der Waals surface area (Å²) in [6.07, 6.45) is 7.35. The number of nitrogens with zero attached hydrogens (tertiary/aromatic N) is 3. The number of nitrogens with one attached hydrogen (secondary N) is 2. The molecule has 0 aromatic carbocycles. The minimum Gasteiger partial charge on any atom is -0.377 e. The van der Waals surface area contributed by atoms with Crippen molar-refractivity contribution in [3.63, 3.8) is 0 Å². The highest BCUT2D eigenvalue weighted by Gasteiger charge is 2.53. The number of ketones is 1. The highest BCUT2D eigenvalue weighted by molar-refractivity contribution is 8.04. The van der Waals surface area contributed by atoms with Gasteiger partial charge in [0, 0.05) is 43.9 Å². The lowest BCUT2D eigenvalue weighted by atomic mass is 9.82. The van der Waals surface area contributed by atoms with Crippen LogP contribution in [0.5, 0.6) is 0 Å². The zero-order valence-electron chi connectivity index (χ0n) is 20.6. The zero-order valence-corrected chi connectivity index (χ0v) is 21.4. The second-order valence-electron chi connectivity index (χ2n) is 10.3. The van der Waals surface area contributed by atoms with Crippen LogP contribution in [0, 0.1) is 5.92 Å². The Morgan fingerprint density at radius 3 is 2.91 bits per heavy atom. The van der Waals surface area contributed by atoms with Crippen molar-refractivity contribution < 1.29 is 14.3 Å². The summed E-state index contributed by atoms with van der Waals surface area (Å²) >= 11 is 1.76. The number of fused-ring (bicyclic) bond motifs is 5. The third-order valence-electron chi connectivity index (χ3n) is 7.70. The Bertz CT molecular complexity index is 851. The van der Waals surface area contributed by atoms with Crippen LogP contribution in [0.3, 0.4) is 0 Å². The lowest BCUT2D eigenvalue weighted by molar-refractivity contribution is -0.128. The van der Waals surface area contributed by atoms with Crippen LogP contribution in [0.4, 0.5) is 0 Å². The number of carbonyl (C=O) groups is 2. The number of ether oxygens (including phenoxy) is 1. The minimum absolute atomic E-state index is 0.00925. The Hall–Kier alpha value is -1.58. The molecule has 2 N–H and O–H groups in total. The van der Waals surface area contributed by atoms with Gasteiger partial charge in [-0.3, -0.25) is 9.59 Å². The lowest BCUT2D eigenvalue weighted by Gasteiger charge is -2.45. The van der Waals surface area contributed by atoms with Crippen LogP contribution in [0.15, 0.2) is 15.6 Å². The van der Waals surface area contributed by atoms with Crippen LogP contribution in [-0.2, 0) is 14.3 Å². The summed E-state index contributed by atoms with van der Waals surface area (Å²) in [6, 6.07) is 0.371. The fraction of sp³-hybridized carbons (Fsp3) is 0.800. The number of amidine groups is 1. The quantitative estimate of drug-likeness (QED) is 0.452. The molecular weight excluding hydrogens is 450 g/mol. The molecule has 1 amide bonds. The molecular formula is C25H39N5O3S. The Balaban J connectivity index is 1.43. The molecule has 4 unspecified atom stereocenters. The Kier molecular flexibility index (Phi) is 7.51. The SMILES string of the molecule is CC(C)OCCNC(=O)C1=C2SC3CCCCC3N2C2N=C(N3CCCNCC3)CCC2C1=O. The fourth-order valence-electron chi connectivity index (χ4n) is 6.05. The van der Waals surface area contributed by atoms with Crippen LogP contribution in [0.2, 0.25) is 0 Å². The fourth-order valence-corrected chi connectivity index (χ4v) is 7.72. The molecule has 5 aliphatic rings. The first-order valence-electron chi connectivity index (χ1n) is 13.2. The van der Waals surface area contributed by atoms with Crippen LogP contribution < -0.4 is 10.6 Å². The van der Waals surface area contributed by atoms with Gasteiger partial charge in [-0.05, 0) is 46.1 Å². The number of amides is 1. The van der Waals surface area contributed by atoms with Crippen molar-refractivity contribution in [2.75, 3.05) is 39.3 Å². The average molecular weight is 490 g/mol. The van der Waals surface area contributed by atoms with E-state index in [0.717, 1.165) is 69.1 Å². The average Bonchev–Trinajstić information content (AvgIpc) is 3.00. The van der Waals surface area contributed by atoms with Gasteiger partial charge in [0.15, 0.2) is 5.78 Å². The molecule has 2 saturated heterocycles. The molecule has 34 heavy (non-hydrogen) atoms. The molecule has 0 bridgehead atoms. The molecule has 0 radical (unpaired) electrons. The number of aliphatic imine (C=N–C) groups is 1. The molecule has 4 aliphatic heterocycles.